The van der Waals surface area contributed by atoms with Gasteiger partial charge in [-0.05, 0) is 49.2 Å². The molecule has 18 heteroatoms. The molecule has 0 spiro atoms. The molecule has 1 fully saturated rings. The summed E-state index contributed by atoms with van der Waals surface area (Å²) in [4.78, 5) is 89.5. The minimum absolute atomic E-state index is 0.0342. The van der Waals surface area contributed by atoms with Gasteiger partial charge in [0.15, 0.2) is 0 Å². The summed E-state index contributed by atoms with van der Waals surface area (Å²) >= 11 is 3.86. The molecule has 2 aromatic carbocycles. The third-order valence-electron chi connectivity index (χ3n) is 9.73. The van der Waals surface area contributed by atoms with E-state index in [-0.39, 0.29) is 36.0 Å². The van der Waals surface area contributed by atoms with Crippen molar-refractivity contribution in [1.29, 1.82) is 0 Å². The number of aliphatic carboxylic acids is 2. The van der Waals surface area contributed by atoms with E-state index in [0.717, 1.165) is 24.8 Å². The lowest BCUT2D eigenvalue weighted by Crippen LogP contribution is -2.58. The maximum atomic E-state index is 14.0. The Kier molecular flexibility index (Phi) is 18.5. The lowest BCUT2D eigenvalue weighted by atomic mass is 9.62. The zero-order chi connectivity index (χ0) is 42.1. The molecule has 0 bridgehead atoms. The molecule has 2 radical (unpaired) electrons. The van der Waals surface area contributed by atoms with E-state index in [0.29, 0.717) is 18.4 Å². The molecule has 3 rings (SSSR count). The number of benzene rings is 2. The van der Waals surface area contributed by atoms with Crippen molar-refractivity contribution in [1.82, 2.24) is 31.9 Å². The van der Waals surface area contributed by atoms with Gasteiger partial charge in [0.25, 0.3) is 0 Å². The van der Waals surface area contributed by atoms with Gasteiger partial charge >= 0.3 is 11.9 Å². The molecule has 0 heterocycles. The Morgan fingerprint density at radius 1 is 0.719 bits per heavy atom. The molecule has 1 saturated carbocycles. The minimum Gasteiger partial charge on any atom is -0.481 e. The molecule has 0 aliphatic heterocycles. The topological polar surface area (TPSA) is 258 Å². The highest BCUT2D eigenvalue weighted by Gasteiger charge is 2.33. The zero-order valence-corrected chi connectivity index (χ0v) is 33.1. The number of amides is 5. The van der Waals surface area contributed by atoms with Crippen LogP contribution >= 0.6 is 12.6 Å². The third kappa shape index (κ3) is 15.9. The Morgan fingerprint density at radius 3 is 1.70 bits per heavy atom. The van der Waals surface area contributed by atoms with Crippen molar-refractivity contribution in [3.63, 3.8) is 0 Å². The van der Waals surface area contributed by atoms with E-state index in [9.17, 15) is 43.8 Å². The number of carboxylic acid groups (broad SMARTS) is 2. The van der Waals surface area contributed by atoms with Crippen LogP contribution in [0.2, 0.25) is 0 Å². The summed E-state index contributed by atoms with van der Waals surface area (Å²) in [7, 11) is 6.33. The van der Waals surface area contributed by atoms with Crippen LogP contribution in [-0.4, -0.2) is 114 Å². The van der Waals surface area contributed by atoms with Crippen molar-refractivity contribution in [2.45, 2.75) is 107 Å². The van der Waals surface area contributed by atoms with Crippen molar-refractivity contribution in [3.05, 3.63) is 71.8 Å². The lowest BCUT2D eigenvalue weighted by Gasteiger charge is -2.42. The van der Waals surface area contributed by atoms with Crippen LogP contribution < -0.4 is 37.6 Å². The first-order valence-corrected chi connectivity index (χ1v) is 19.6. The molecule has 4 unspecified atom stereocenters. The number of thiol groups is 1. The second-order valence-electron chi connectivity index (χ2n) is 14.6. The summed E-state index contributed by atoms with van der Waals surface area (Å²) in [5.41, 5.74) is 7.12. The van der Waals surface area contributed by atoms with Gasteiger partial charge in [0.2, 0.25) is 29.5 Å². The molecule has 16 nitrogen and oxygen atoms in total. The molecule has 5 amide bonds. The Hall–Kier alpha value is -4.94. The first kappa shape index (κ1) is 46.4. The standard InChI is InChI=1S/C39H54BN7O9S/c1-23(14-15-24(2)47-39(40)16-9-17-39)33(50)43-29(19-26-12-7-4-8-13-26)36(53)45-28(18-25-10-5-3-6-11-25)35(52)42-21-27(41)34(51)44-30(20-32(48)49)37(54)46-31(22-57)38(55)56/h3-8,10-13,23-24,27-31,47,57H,9,14-22,41H2,1-2H3,(H,42,52)(H,43,50)(H,44,51)(H,45,53)(H,46,54)(H,48,49)(H,55,56)/t23?,24?,27-,28?,29?,30-,31+/m0/s1. The van der Waals surface area contributed by atoms with Gasteiger partial charge in [0.1, 0.15) is 30.2 Å². The van der Waals surface area contributed by atoms with Crippen LogP contribution in [0.3, 0.4) is 0 Å². The second-order valence-corrected chi connectivity index (χ2v) is 15.0. The van der Waals surface area contributed by atoms with Gasteiger partial charge in [0, 0.05) is 37.1 Å². The molecular weight excluding hydrogens is 753 g/mol. The van der Waals surface area contributed by atoms with Gasteiger partial charge in [-0.15, -0.1) is 0 Å². The van der Waals surface area contributed by atoms with Crippen molar-refractivity contribution < 1.29 is 43.8 Å². The van der Waals surface area contributed by atoms with E-state index in [4.69, 9.17) is 13.6 Å². The van der Waals surface area contributed by atoms with Gasteiger partial charge in [-0.3, -0.25) is 28.8 Å². The normalized spacial score (nSPS) is 16.8. The zero-order valence-electron chi connectivity index (χ0n) is 32.2. The number of rotatable bonds is 24. The van der Waals surface area contributed by atoms with E-state index >= 15 is 0 Å². The predicted octanol–water partition coefficient (Wildman–Crippen LogP) is -0.213. The Bertz CT molecular complexity index is 1690. The summed E-state index contributed by atoms with van der Waals surface area (Å²) in [6.45, 7) is 3.33. The first-order chi connectivity index (χ1) is 27.0. The van der Waals surface area contributed by atoms with Gasteiger partial charge < -0.3 is 47.8 Å². The van der Waals surface area contributed by atoms with Crippen LogP contribution in [0.4, 0.5) is 0 Å². The monoisotopic (exact) mass is 807 g/mol. The van der Waals surface area contributed by atoms with Crippen molar-refractivity contribution in [2.75, 3.05) is 12.3 Å². The maximum Gasteiger partial charge on any atom is 0.327 e. The van der Waals surface area contributed by atoms with Crippen LogP contribution in [-0.2, 0) is 46.4 Å². The van der Waals surface area contributed by atoms with Crippen LogP contribution in [0.25, 0.3) is 0 Å². The number of carbonyl (C=O) groups excluding carboxylic acids is 5. The SMILES string of the molecule is [B]C1(NC(C)CCC(C)C(=O)NC(Cc2ccccc2)C(=O)NC(Cc2ccccc2)C(=O)NC[C@H](N)C(=O)N[C@@H](CC(=O)O)C(=O)N[C@H](CS)C(=O)O)CCC1. The average molecular weight is 808 g/mol. The van der Waals surface area contributed by atoms with Crippen molar-refractivity contribution >= 4 is 61.9 Å². The van der Waals surface area contributed by atoms with Crippen molar-refractivity contribution in [3.8, 4) is 0 Å². The molecule has 1 aliphatic carbocycles. The van der Waals surface area contributed by atoms with Crippen LogP contribution in [0.5, 0.6) is 0 Å². The van der Waals surface area contributed by atoms with Crippen LogP contribution in [0.15, 0.2) is 60.7 Å². The highest BCUT2D eigenvalue weighted by Crippen LogP contribution is 2.29. The lowest BCUT2D eigenvalue weighted by molar-refractivity contribution is -0.143. The number of hydrogen-bond donors (Lipinski definition) is 10. The number of nitrogens with one attached hydrogen (secondary N) is 6. The van der Waals surface area contributed by atoms with E-state index < -0.39 is 84.7 Å². The van der Waals surface area contributed by atoms with E-state index in [1.165, 1.54) is 0 Å². The fraction of sp³-hybridized carbons (Fsp3) is 0.513. The molecule has 10 N–H and O–H groups in total. The highest BCUT2D eigenvalue weighted by atomic mass is 32.1. The Balaban J connectivity index is 1.71. The fourth-order valence-corrected chi connectivity index (χ4v) is 6.39. The van der Waals surface area contributed by atoms with E-state index in [1.807, 2.05) is 37.3 Å². The number of nitrogens with two attached hydrogens (primary N) is 1. The Labute approximate surface area is 339 Å². The largest absolute Gasteiger partial charge is 0.481 e. The predicted molar refractivity (Wildman–Crippen MR) is 216 cm³/mol. The van der Waals surface area contributed by atoms with Gasteiger partial charge in [-0.2, -0.15) is 12.6 Å². The molecule has 57 heavy (non-hydrogen) atoms. The van der Waals surface area contributed by atoms with Crippen LogP contribution in [0.1, 0.15) is 63.5 Å². The summed E-state index contributed by atoms with van der Waals surface area (Å²) in [5, 5.41) is 34.4. The van der Waals surface area contributed by atoms with Crippen LogP contribution in [0, 0.1) is 5.92 Å². The van der Waals surface area contributed by atoms with Gasteiger partial charge in [-0.25, -0.2) is 4.79 Å². The quantitative estimate of drug-likeness (QED) is 0.0491. The molecular formula is C39H54BN7O9S. The fourth-order valence-electron chi connectivity index (χ4n) is 6.15. The average Bonchev–Trinajstić information content (AvgIpc) is 3.16. The number of hydrogen-bond acceptors (Lipinski definition) is 10. The molecule has 2 aromatic rings. The van der Waals surface area contributed by atoms with Gasteiger partial charge in [0.05, 0.1) is 14.3 Å². The molecule has 0 aromatic heterocycles. The third-order valence-corrected chi connectivity index (χ3v) is 10.1. The number of carboxylic acids is 2. The summed E-state index contributed by atoms with van der Waals surface area (Å²) < 4.78 is 0. The molecule has 0 saturated heterocycles. The smallest absolute Gasteiger partial charge is 0.327 e. The number of carbonyl (C=O) groups is 7. The molecule has 1 aliphatic rings. The maximum absolute atomic E-state index is 14.0. The highest BCUT2D eigenvalue weighted by molar-refractivity contribution is 7.80. The summed E-state index contributed by atoms with van der Waals surface area (Å²) in [6, 6.07) is 11.2. The second kappa shape index (κ2) is 22.7. The summed E-state index contributed by atoms with van der Waals surface area (Å²) in [6.07, 6.45) is 3.40. The Morgan fingerprint density at radius 2 is 1.21 bits per heavy atom. The minimum atomic E-state index is -1.69. The van der Waals surface area contributed by atoms with E-state index in [2.05, 4.69) is 44.5 Å². The van der Waals surface area contributed by atoms with E-state index in [1.54, 1.807) is 37.3 Å². The van der Waals surface area contributed by atoms with Gasteiger partial charge in [-0.1, -0.05) is 74.0 Å². The molecule has 308 valence electrons. The van der Waals surface area contributed by atoms with Crippen molar-refractivity contribution in [2.24, 2.45) is 11.7 Å². The summed E-state index contributed by atoms with van der Waals surface area (Å²) in [5.74, 6) is -7.35. The first-order valence-electron chi connectivity index (χ1n) is 18.9. The molecule has 7 atom stereocenters.